The van der Waals surface area contributed by atoms with Gasteiger partial charge in [-0.15, -0.1) is 0 Å². The summed E-state index contributed by atoms with van der Waals surface area (Å²) in [6.07, 6.45) is 0. The van der Waals surface area contributed by atoms with Gasteiger partial charge in [0.2, 0.25) is 0 Å². The third-order valence-corrected chi connectivity index (χ3v) is 2.92. The van der Waals surface area contributed by atoms with Crippen LogP contribution in [0.1, 0.15) is 12.5 Å². The fourth-order valence-electron chi connectivity index (χ4n) is 1.08. The molecule has 3 N–H and O–H groups in total. The van der Waals surface area contributed by atoms with Crippen LogP contribution in [0.25, 0.3) is 0 Å². The zero-order chi connectivity index (χ0) is 12.2. The third-order valence-electron chi connectivity index (χ3n) is 2.00. The highest BCUT2D eigenvalue weighted by Crippen LogP contribution is 2.22. The first-order valence-electron chi connectivity index (χ1n) is 4.70. The number of hydrogen-bond acceptors (Lipinski definition) is 6. The van der Waals surface area contributed by atoms with E-state index in [2.05, 4.69) is 5.32 Å². The molecule has 1 atom stereocenters. The highest BCUT2D eigenvalue weighted by molar-refractivity contribution is 7.13. The van der Waals surface area contributed by atoms with Crippen LogP contribution in [0.4, 0.5) is 5.00 Å². The van der Waals surface area contributed by atoms with E-state index >= 15 is 0 Å². The van der Waals surface area contributed by atoms with Crippen LogP contribution in [-0.4, -0.2) is 33.9 Å². The van der Waals surface area contributed by atoms with Crippen LogP contribution in [0.5, 0.6) is 0 Å². The fraction of sp³-hybridized carbons (Fsp3) is 0.556. The van der Waals surface area contributed by atoms with Crippen LogP contribution in [0, 0.1) is 10.1 Å². The Hall–Kier alpha value is -1.02. The molecule has 0 saturated carbocycles. The predicted molar refractivity (Wildman–Crippen MR) is 60.4 cm³/mol. The second kappa shape index (κ2) is 5.35. The summed E-state index contributed by atoms with van der Waals surface area (Å²) in [5, 5.41) is 33.4. The molecule has 0 radical (unpaired) electrons. The molecule has 1 aromatic heterocycles. The predicted octanol–water partition coefficient (Wildman–Crippen LogP) is 0.489. The molecule has 0 aliphatic heterocycles. The molecule has 1 rings (SSSR count). The van der Waals surface area contributed by atoms with Crippen LogP contribution in [0.3, 0.4) is 0 Å². The Balaban J connectivity index is 2.40. The van der Waals surface area contributed by atoms with E-state index in [0.29, 0.717) is 6.54 Å². The van der Waals surface area contributed by atoms with E-state index < -0.39 is 10.5 Å². The molecule has 6 nitrogen and oxygen atoms in total. The van der Waals surface area contributed by atoms with Gasteiger partial charge < -0.3 is 15.5 Å². The summed E-state index contributed by atoms with van der Waals surface area (Å²) >= 11 is 1.07. The average Bonchev–Trinajstić information content (AvgIpc) is 2.66. The smallest absolute Gasteiger partial charge is 0.324 e. The van der Waals surface area contributed by atoms with E-state index in [0.717, 1.165) is 16.9 Å². The molecule has 0 saturated heterocycles. The molecule has 1 unspecified atom stereocenters. The standard InChI is InChI=1S/C9H14N2O4S/c1-9(13,6-12)5-10-3-7-2-8(11(14)15)16-4-7/h2,4,10,12-13H,3,5-6H2,1H3. The topological polar surface area (TPSA) is 95.6 Å². The Morgan fingerprint density at radius 3 is 2.88 bits per heavy atom. The van der Waals surface area contributed by atoms with E-state index in [1.165, 1.54) is 13.0 Å². The summed E-state index contributed by atoms with van der Waals surface area (Å²) in [5.74, 6) is 0. The van der Waals surface area contributed by atoms with Crippen molar-refractivity contribution < 1.29 is 15.1 Å². The van der Waals surface area contributed by atoms with E-state index in [9.17, 15) is 15.2 Å². The number of aliphatic hydroxyl groups is 2. The van der Waals surface area contributed by atoms with Gasteiger partial charge >= 0.3 is 5.00 Å². The van der Waals surface area contributed by atoms with Crippen LogP contribution in [0.2, 0.25) is 0 Å². The lowest BCUT2D eigenvalue weighted by molar-refractivity contribution is -0.380. The summed E-state index contributed by atoms with van der Waals surface area (Å²) in [6.45, 7) is 1.84. The third kappa shape index (κ3) is 3.86. The average molecular weight is 246 g/mol. The van der Waals surface area contributed by atoms with Crippen molar-refractivity contribution in [3.8, 4) is 0 Å². The van der Waals surface area contributed by atoms with Crippen LogP contribution < -0.4 is 5.32 Å². The number of aliphatic hydroxyl groups excluding tert-OH is 1. The maximum absolute atomic E-state index is 10.4. The zero-order valence-electron chi connectivity index (χ0n) is 8.84. The number of nitrogens with one attached hydrogen (secondary N) is 1. The van der Waals surface area contributed by atoms with Gasteiger partial charge in [-0.05, 0) is 12.5 Å². The number of nitro groups is 1. The summed E-state index contributed by atoms with van der Waals surface area (Å²) < 4.78 is 0. The lowest BCUT2D eigenvalue weighted by Crippen LogP contribution is -2.40. The van der Waals surface area contributed by atoms with Crippen LogP contribution >= 0.6 is 11.3 Å². The minimum atomic E-state index is -1.16. The first-order chi connectivity index (χ1) is 7.44. The number of hydrogen-bond donors (Lipinski definition) is 3. The van der Waals surface area contributed by atoms with Crippen molar-refractivity contribution >= 4 is 16.3 Å². The van der Waals surface area contributed by atoms with Crippen molar-refractivity contribution in [2.75, 3.05) is 13.2 Å². The minimum absolute atomic E-state index is 0.103. The summed E-state index contributed by atoms with van der Waals surface area (Å²) in [4.78, 5) is 9.98. The second-order valence-corrected chi connectivity index (χ2v) is 4.70. The molecule has 7 heteroatoms. The van der Waals surface area contributed by atoms with Crippen molar-refractivity contribution in [3.63, 3.8) is 0 Å². The van der Waals surface area contributed by atoms with Crippen LogP contribution in [-0.2, 0) is 6.54 Å². The SMILES string of the molecule is CC(O)(CO)CNCc1csc([N+](=O)[O-])c1. The quantitative estimate of drug-likeness (QED) is 0.501. The van der Waals surface area contributed by atoms with Gasteiger partial charge in [0, 0.05) is 24.5 Å². The summed E-state index contributed by atoms with van der Waals surface area (Å²) in [6, 6.07) is 1.49. The Morgan fingerprint density at radius 1 is 1.69 bits per heavy atom. The van der Waals surface area contributed by atoms with E-state index in [1.807, 2.05) is 0 Å². The normalized spacial score (nSPS) is 14.7. The van der Waals surface area contributed by atoms with Crippen molar-refractivity contribution in [3.05, 3.63) is 27.1 Å². The van der Waals surface area contributed by atoms with Gasteiger partial charge in [-0.25, -0.2) is 0 Å². The molecular formula is C9H14N2O4S. The largest absolute Gasteiger partial charge is 0.393 e. The second-order valence-electron chi connectivity index (χ2n) is 3.81. The van der Waals surface area contributed by atoms with E-state index in [-0.39, 0.29) is 18.2 Å². The molecule has 0 aromatic carbocycles. The molecule has 0 fully saturated rings. The van der Waals surface area contributed by atoms with Gasteiger partial charge in [0.1, 0.15) is 0 Å². The Bertz CT molecular complexity index is 364. The molecule has 0 bridgehead atoms. The highest BCUT2D eigenvalue weighted by atomic mass is 32.1. The van der Waals surface area contributed by atoms with E-state index in [1.54, 1.807) is 5.38 Å². The number of thiophene rings is 1. The minimum Gasteiger partial charge on any atom is -0.393 e. The van der Waals surface area contributed by atoms with Gasteiger partial charge in [0.25, 0.3) is 0 Å². The summed E-state index contributed by atoms with van der Waals surface area (Å²) in [5.41, 5.74) is -0.368. The maximum Gasteiger partial charge on any atom is 0.324 e. The lowest BCUT2D eigenvalue weighted by Gasteiger charge is -2.20. The summed E-state index contributed by atoms with van der Waals surface area (Å²) in [7, 11) is 0. The molecule has 16 heavy (non-hydrogen) atoms. The monoisotopic (exact) mass is 246 g/mol. The van der Waals surface area contributed by atoms with Gasteiger partial charge in [0.05, 0.1) is 17.1 Å². The fourth-order valence-corrected chi connectivity index (χ4v) is 1.81. The van der Waals surface area contributed by atoms with Crippen molar-refractivity contribution in [2.24, 2.45) is 0 Å². The molecule has 90 valence electrons. The Labute approximate surface area is 96.7 Å². The first kappa shape index (κ1) is 13.0. The Kier molecular flexibility index (Phi) is 4.36. The number of nitrogens with zero attached hydrogens (tertiary/aromatic N) is 1. The van der Waals surface area contributed by atoms with Gasteiger partial charge in [0.15, 0.2) is 0 Å². The molecular weight excluding hydrogens is 232 g/mol. The maximum atomic E-state index is 10.4. The van der Waals surface area contributed by atoms with Crippen LogP contribution in [0.15, 0.2) is 11.4 Å². The molecule has 1 aromatic rings. The van der Waals surface area contributed by atoms with Gasteiger partial charge in [-0.2, -0.15) is 0 Å². The first-order valence-corrected chi connectivity index (χ1v) is 5.58. The highest BCUT2D eigenvalue weighted by Gasteiger charge is 2.18. The molecule has 0 amide bonds. The number of rotatable bonds is 6. The van der Waals surface area contributed by atoms with Gasteiger partial charge in [-0.1, -0.05) is 11.3 Å². The molecule has 1 heterocycles. The van der Waals surface area contributed by atoms with Crippen molar-refractivity contribution in [1.82, 2.24) is 5.32 Å². The van der Waals surface area contributed by atoms with Gasteiger partial charge in [-0.3, -0.25) is 10.1 Å². The molecule has 0 aliphatic rings. The molecule has 0 spiro atoms. The Morgan fingerprint density at radius 2 is 2.38 bits per heavy atom. The zero-order valence-corrected chi connectivity index (χ0v) is 9.66. The van der Waals surface area contributed by atoms with Crippen molar-refractivity contribution in [1.29, 1.82) is 0 Å². The molecule has 0 aliphatic carbocycles. The van der Waals surface area contributed by atoms with E-state index in [4.69, 9.17) is 5.11 Å². The lowest BCUT2D eigenvalue weighted by atomic mass is 10.1. The van der Waals surface area contributed by atoms with Crippen molar-refractivity contribution in [2.45, 2.75) is 19.1 Å².